The number of hydrogen-bond donors (Lipinski definition) is 1. The minimum Gasteiger partial charge on any atom is -0.336 e. The molecular formula is C20H29N5O. The number of carbonyl (C=O) groups excluding carboxylic acids is 1. The number of aryl methyl sites for hydroxylation is 1. The Balaban J connectivity index is 1.87. The van der Waals surface area contributed by atoms with E-state index in [2.05, 4.69) is 33.0 Å². The molecule has 2 aromatic rings. The lowest BCUT2D eigenvalue weighted by Gasteiger charge is -2.32. The van der Waals surface area contributed by atoms with Crippen molar-refractivity contribution in [1.82, 2.24) is 25.0 Å². The van der Waals surface area contributed by atoms with Gasteiger partial charge < -0.3 is 10.2 Å². The van der Waals surface area contributed by atoms with Gasteiger partial charge in [0.25, 0.3) is 5.91 Å². The number of carbonyl (C=O) groups is 1. The number of rotatable bonds is 2. The molecular weight excluding hydrogens is 326 g/mol. The molecule has 1 N–H and O–H groups in total. The van der Waals surface area contributed by atoms with Gasteiger partial charge in [-0.25, -0.2) is 9.67 Å². The summed E-state index contributed by atoms with van der Waals surface area (Å²) in [6.07, 6.45) is 2.33. The van der Waals surface area contributed by atoms with Gasteiger partial charge in [-0.05, 0) is 53.5 Å². The van der Waals surface area contributed by atoms with Crippen LogP contribution in [0.25, 0.3) is 11.0 Å². The second kappa shape index (κ2) is 6.05. The van der Waals surface area contributed by atoms with Crippen LogP contribution in [0.3, 0.4) is 0 Å². The molecule has 2 fully saturated rings. The van der Waals surface area contributed by atoms with Crippen LogP contribution in [-0.2, 0) is 5.54 Å². The Kier molecular flexibility index (Phi) is 4.06. The standard InChI is InChI=1S/C20H29N5O/c1-12-11-24(9-8-21-12)19(26)15-10-16(14-6-7-14)22-18-17(15)13(2)23-25(18)20(3,4)5/h10,12,14,21H,6-9,11H2,1-5H3. The lowest BCUT2D eigenvalue weighted by atomic mass is 10.0. The summed E-state index contributed by atoms with van der Waals surface area (Å²) in [6.45, 7) is 12.8. The predicted octanol–water partition coefficient (Wildman–Crippen LogP) is 2.81. The van der Waals surface area contributed by atoms with Crippen molar-refractivity contribution in [2.75, 3.05) is 19.6 Å². The highest BCUT2D eigenvalue weighted by Gasteiger charge is 2.32. The highest BCUT2D eigenvalue weighted by atomic mass is 16.2. The molecule has 0 spiro atoms. The third-order valence-electron chi connectivity index (χ3n) is 5.35. The summed E-state index contributed by atoms with van der Waals surface area (Å²) in [4.78, 5) is 20.3. The van der Waals surface area contributed by atoms with Crippen molar-refractivity contribution >= 4 is 16.9 Å². The number of aromatic nitrogens is 3. The normalized spacial score (nSPS) is 21.4. The quantitative estimate of drug-likeness (QED) is 0.900. The van der Waals surface area contributed by atoms with E-state index in [9.17, 15) is 4.79 Å². The van der Waals surface area contributed by atoms with Gasteiger partial charge in [0.05, 0.1) is 22.2 Å². The van der Waals surface area contributed by atoms with Crippen molar-refractivity contribution in [3.63, 3.8) is 0 Å². The van der Waals surface area contributed by atoms with E-state index in [1.54, 1.807) is 0 Å². The lowest BCUT2D eigenvalue weighted by molar-refractivity contribution is 0.0711. The van der Waals surface area contributed by atoms with Crippen LogP contribution in [0.5, 0.6) is 0 Å². The van der Waals surface area contributed by atoms with Crippen LogP contribution in [0.1, 0.15) is 68.2 Å². The molecule has 3 heterocycles. The van der Waals surface area contributed by atoms with Gasteiger partial charge in [0.2, 0.25) is 0 Å². The lowest BCUT2D eigenvalue weighted by Crippen LogP contribution is -2.51. The molecule has 6 heteroatoms. The summed E-state index contributed by atoms with van der Waals surface area (Å²) in [5.74, 6) is 0.612. The van der Waals surface area contributed by atoms with Crippen molar-refractivity contribution in [2.24, 2.45) is 0 Å². The maximum absolute atomic E-state index is 13.4. The number of piperazine rings is 1. The van der Waals surface area contributed by atoms with Crippen LogP contribution in [0.2, 0.25) is 0 Å². The zero-order valence-corrected chi connectivity index (χ0v) is 16.5. The highest BCUT2D eigenvalue weighted by Crippen LogP contribution is 2.41. The van der Waals surface area contributed by atoms with Gasteiger partial charge in [-0.3, -0.25) is 4.79 Å². The number of amides is 1. The van der Waals surface area contributed by atoms with E-state index in [0.717, 1.165) is 47.6 Å². The summed E-state index contributed by atoms with van der Waals surface area (Å²) < 4.78 is 1.99. The molecule has 0 bridgehead atoms. The van der Waals surface area contributed by atoms with Crippen molar-refractivity contribution in [3.8, 4) is 0 Å². The first kappa shape index (κ1) is 17.5. The highest BCUT2D eigenvalue weighted by molar-refractivity contribution is 6.06. The van der Waals surface area contributed by atoms with E-state index in [-0.39, 0.29) is 11.4 Å². The van der Waals surface area contributed by atoms with Gasteiger partial charge in [-0.2, -0.15) is 5.10 Å². The van der Waals surface area contributed by atoms with Gasteiger partial charge in [0.15, 0.2) is 5.65 Å². The minimum atomic E-state index is -0.175. The van der Waals surface area contributed by atoms with Crippen LogP contribution in [-0.4, -0.2) is 51.2 Å². The molecule has 1 atom stereocenters. The third-order valence-corrected chi connectivity index (χ3v) is 5.35. The second-order valence-corrected chi connectivity index (χ2v) is 8.84. The van der Waals surface area contributed by atoms with E-state index in [4.69, 9.17) is 10.1 Å². The first-order chi connectivity index (χ1) is 12.3. The van der Waals surface area contributed by atoms with Crippen LogP contribution in [0, 0.1) is 6.92 Å². The van der Waals surface area contributed by atoms with Crippen LogP contribution >= 0.6 is 0 Å². The summed E-state index contributed by atoms with van der Waals surface area (Å²) in [7, 11) is 0. The largest absolute Gasteiger partial charge is 0.336 e. The maximum Gasteiger partial charge on any atom is 0.254 e. The molecule has 0 radical (unpaired) electrons. The molecule has 2 aromatic heterocycles. The maximum atomic E-state index is 13.4. The van der Waals surface area contributed by atoms with E-state index in [1.165, 1.54) is 12.8 Å². The summed E-state index contributed by atoms with van der Waals surface area (Å²) >= 11 is 0. The number of pyridine rings is 1. The SMILES string of the molecule is Cc1nn(C(C)(C)C)c2nc(C3CC3)cc(C(=O)N3CCNC(C)C3)c12. The van der Waals surface area contributed by atoms with E-state index >= 15 is 0 Å². The fourth-order valence-electron chi connectivity index (χ4n) is 3.82. The number of nitrogens with one attached hydrogen (secondary N) is 1. The number of hydrogen-bond acceptors (Lipinski definition) is 4. The Morgan fingerprint density at radius 2 is 2.04 bits per heavy atom. The Labute approximate surface area is 155 Å². The van der Waals surface area contributed by atoms with E-state index < -0.39 is 0 Å². The first-order valence-electron chi connectivity index (χ1n) is 9.69. The molecule has 1 unspecified atom stereocenters. The van der Waals surface area contributed by atoms with Crippen molar-refractivity contribution in [1.29, 1.82) is 0 Å². The Hall–Kier alpha value is -1.95. The van der Waals surface area contributed by atoms with Gasteiger partial charge in [-0.1, -0.05) is 0 Å². The fraction of sp³-hybridized carbons (Fsp3) is 0.650. The first-order valence-corrected chi connectivity index (χ1v) is 9.69. The predicted molar refractivity (Wildman–Crippen MR) is 103 cm³/mol. The molecule has 1 amide bonds. The average molecular weight is 355 g/mol. The van der Waals surface area contributed by atoms with E-state index in [1.807, 2.05) is 22.6 Å². The van der Waals surface area contributed by atoms with Gasteiger partial charge >= 0.3 is 0 Å². The summed E-state index contributed by atoms with van der Waals surface area (Å²) in [6, 6.07) is 2.36. The van der Waals surface area contributed by atoms with Crippen molar-refractivity contribution in [3.05, 3.63) is 23.0 Å². The molecule has 1 saturated carbocycles. The Bertz CT molecular complexity index is 859. The minimum absolute atomic E-state index is 0.115. The molecule has 1 aliphatic heterocycles. The van der Waals surface area contributed by atoms with Crippen LogP contribution in [0.15, 0.2) is 6.07 Å². The summed E-state index contributed by atoms with van der Waals surface area (Å²) in [5, 5.41) is 9.08. The zero-order valence-electron chi connectivity index (χ0n) is 16.5. The number of nitrogens with zero attached hydrogens (tertiary/aromatic N) is 4. The van der Waals surface area contributed by atoms with Gasteiger partial charge in [0, 0.05) is 37.3 Å². The van der Waals surface area contributed by atoms with Gasteiger partial charge in [-0.15, -0.1) is 0 Å². The van der Waals surface area contributed by atoms with Gasteiger partial charge in [0.1, 0.15) is 0 Å². The van der Waals surface area contributed by atoms with Crippen molar-refractivity contribution < 1.29 is 4.79 Å². The number of fused-ring (bicyclic) bond motifs is 1. The molecule has 4 rings (SSSR count). The average Bonchev–Trinajstić information content (AvgIpc) is 3.37. The third kappa shape index (κ3) is 3.00. The molecule has 140 valence electrons. The smallest absolute Gasteiger partial charge is 0.254 e. The van der Waals surface area contributed by atoms with Crippen LogP contribution in [0.4, 0.5) is 0 Å². The monoisotopic (exact) mass is 355 g/mol. The fourth-order valence-corrected chi connectivity index (χ4v) is 3.82. The molecule has 1 aliphatic carbocycles. The molecule has 26 heavy (non-hydrogen) atoms. The van der Waals surface area contributed by atoms with Crippen LogP contribution < -0.4 is 5.32 Å². The van der Waals surface area contributed by atoms with E-state index in [0.29, 0.717) is 12.0 Å². The van der Waals surface area contributed by atoms with Crippen molar-refractivity contribution in [2.45, 2.75) is 65.0 Å². The molecule has 6 nitrogen and oxygen atoms in total. The molecule has 1 saturated heterocycles. The Morgan fingerprint density at radius 1 is 1.31 bits per heavy atom. The second-order valence-electron chi connectivity index (χ2n) is 8.84. The molecule has 0 aromatic carbocycles. The molecule has 2 aliphatic rings. The Morgan fingerprint density at radius 3 is 2.65 bits per heavy atom. The zero-order chi connectivity index (χ0) is 18.6. The summed E-state index contributed by atoms with van der Waals surface area (Å²) in [5.41, 5.74) is 3.39. The topological polar surface area (TPSA) is 63.1 Å².